The first-order valence-electron chi connectivity index (χ1n) is 3.55. The van der Waals surface area contributed by atoms with E-state index in [1.165, 1.54) is 19.1 Å². The maximum Gasteiger partial charge on any atom is 0.301 e. The van der Waals surface area contributed by atoms with Crippen LogP contribution in [0.3, 0.4) is 0 Å². The fourth-order valence-corrected chi connectivity index (χ4v) is 2.00. The third-order valence-corrected chi connectivity index (χ3v) is 2.69. The Hall–Kier alpha value is -1.18. The van der Waals surface area contributed by atoms with Gasteiger partial charge in [0.2, 0.25) is 0 Å². The van der Waals surface area contributed by atoms with Gasteiger partial charge >= 0.3 is 10.1 Å². The lowest BCUT2D eigenvalue weighted by atomic mass is 10.2. The van der Waals surface area contributed by atoms with Crippen molar-refractivity contribution in [3.8, 4) is 0 Å². The molecular formula is C7H8ClNO5S. The summed E-state index contributed by atoms with van der Waals surface area (Å²) in [5.74, 6) is 0. The number of nitro groups is 1. The molecule has 1 rings (SSSR count). The lowest BCUT2D eigenvalue weighted by Gasteiger charge is -2.02. The molecule has 1 aromatic carbocycles. The minimum absolute atomic E-state index is 0. The minimum Gasteiger partial charge on any atom is -0.282 e. The lowest BCUT2D eigenvalue weighted by molar-refractivity contribution is -0.388. The third kappa shape index (κ3) is 2.88. The molecule has 1 N–H and O–H groups in total. The molecule has 0 aliphatic heterocycles. The Morgan fingerprint density at radius 3 is 2.27 bits per heavy atom. The highest BCUT2D eigenvalue weighted by Gasteiger charge is 2.25. The summed E-state index contributed by atoms with van der Waals surface area (Å²) in [4.78, 5) is 8.95. The Bertz CT molecular complexity index is 484. The maximum absolute atomic E-state index is 10.8. The highest BCUT2D eigenvalue weighted by molar-refractivity contribution is 7.86. The van der Waals surface area contributed by atoms with Crippen molar-refractivity contribution < 1.29 is 17.9 Å². The van der Waals surface area contributed by atoms with Gasteiger partial charge in [0.05, 0.1) is 4.92 Å². The predicted molar refractivity (Wildman–Crippen MR) is 54.9 cm³/mol. The second kappa shape index (κ2) is 4.56. The number of rotatable bonds is 2. The molecule has 6 nitrogen and oxygen atoms in total. The van der Waals surface area contributed by atoms with Gasteiger partial charge in [-0.3, -0.25) is 14.7 Å². The van der Waals surface area contributed by atoms with E-state index >= 15 is 0 Å². The molecule has 0 aliphatic carbocycles. The first-order chi connectivity index (χ1) is 6.34. The molecular weight excluding hydrogens is 246 g/mol. The average molecular weight is 254 g/mol. The van der Waals surface area contributed by atoms with Crippen LogP contribution in [0, 0.1) is 17.0 Å². The Morgan fingerprint density at radius 2 is 1.93 bits per heavy atom. The van der Waals surface area contributed by atoms with Crippen LogP contribution in [-0.4, -0.2) is 17.9 Å². The summed E-state index contributed by atoms with van der Waals surface area (Å²) in [6.07, 6.45) is 0. The highest BCUT2D eigenvalue weighted by atomic mass is 35.5. The Morgan fingerprint density at radius 1 is 1.40 bits per heavy atom. The molecule has 0 radical (unpaired) electrons. The zero-order valence-electron chi connectivity index (χ0n) is 7.58. The van der Waals surface area contributed by atoms with Crippen LogP contribution >= 0.6 is 12.4 Å². The number of hydrogen-bond donors (Lipinski definition) is 1. The van der Waals surface area contributed by atoms with Crippen LogP contribution in [0.2, 0.25) is 0 Å². The fourth-order valence-electron chi connectivity index (χ4n) is 1.12. The topological polar surface area (TPSA) is 97.5 Å². The summed E-state index contributed by atoms with van der Waals surface area (Å²) in [5, 5.41) is 10.5. The van der Waals surface area contributed by atoms with Gasteiger partial charge in [-0.05, 0) is 12.5 Å². The number of halogens is 1. The molecule has 8 heteroatoms. The molecule has 0 bridgehead atoms. The van der Waals surface area contributed by atoms with Crippen molar-refractivity contribution in [3.05, 3.63) is 33.9 Å². The Balaban J connectivity index is 0.00000196. The third-order valence-electron chi connectivity index (χ3n) is 1.65. The van der Waals surface area contributed by atoms with Crippen LogP contribution in [0.4, 0.5) is 5.69 Å². The van der Waals surface area contributed by atoms with E-state index in [9.17, 15) is 18.5 Å². The molecule has 0 aromatic heterocycles. The van der Waals surface area contributed by atoms with Crippen LogP contribution in [0.25, 0.3) is 0 Å². The number of hydrogen-bond acceptors (Lipinski definition) is 4. The van der Waals surface area contributed by atoms with Gasteiger partial charge in [0, 0.05) is 6.07 Å². The number of benzene rings is 1. The van der Waals surface area contributed by atoms with Crippen molar-refractivity contribution in [3.63, 3.8) is 0 Å². The monoisotopic (exact) mass is 253 g/mol. The van der Waals surface area contributed by atoms with E-state index in [0.29, 0.717) is 0 Å². The van der Waals surface area contributed by atoms with E-state index in [4.69, 9.17) is 4.55 Å². The summed E-state index contributed by atoms with van der Waals surface area (Å²) < 4.78 is 30.4. The quantitative estimate of drug-likeness (QED) is 0.490. The van der Waals surface area contributed by atoms with E-state index in [1.54, 1.807) is 0 Å². The van der Waals surface area contributed by atoms with Crippen molar-refractivity contribution in [1.82, 2.24) is 0 Å². The molecule has 1 aromatic rings. The van der Waals surface area contributed by atoms with Gasteiger partial charge in [-0.2, -0.15) is 8.42 Å². The van der Waals surface area contributed by atoms with Gasteiger partial charge in [-0.25, -0.2) is 0 Å². The Kier molecular flexibility index (Phi) is 4.20. The molecule has 0 unspecified atom stereocenters. The van der Waals surface area contributed by atoms with Crippen molar-refractivity contribution in [1.29, 1.82) is 0 Å². The normalized spacial score (nSPS) is 10.5. The summed E-state index contributed by atoms with van der Waals surface area (Å²) >= 11 is 0. The summed E-state index contributed by atoms with van der Waals surface area (Å²) in [6.45, 7) is 1.37. The van der Waals surface area contributed by atoms with Crippen LogP contribution in [0.1, 0.15) is 5.56 Å². The molecule has 0 heterocycles. The SMILES string of the molecule is Cc1cccc([N+](=O)[O-])c1S(=O)(=O)O.Cl. The van der Waals surface area contributed by atoms with Crippen LogP contribution in [0.15, 0.2) is 23.1 Å². The second-order valence-electron chi connectivity index (χ2n) is 2.66. The molecule has 0 saturated carbocycles. The van der Waals surface area contributed by atoms with E-state index in [1.807, 2.05) is 0 Å². The van der Waals surface area contributed by atoms with E-state index in [0.717, 1.165) is 6.07 Å². The van der Waals surface area contributed by atoms with Gasteiger partial charge in [-0.1, -0.05) is 12.1 Å². The van der Waals surface area contributed by atoms with Crippen LogP contribution < -0.4 is 0 Å². The van der Waals surface area contributed by atoms with Gasteiger partial charge in [0.1, 0.15) is 0 Å². The zero-order valence-corrected chi connectivity index (χ0v) is 9.21. The molecule has 0 amide bonds. The highest BCUT2D eigenvalue weighted by Crippen LogP contribution is 2.26. The first-order valence-corrected chi connectivity index (χ1v) is 4.99. The molecule has 0 spiro atoms. The summed E-state index contributed by atoms with van der Waals surface area (Å²) in [7, 11) is -4.55. The molecule has 15 heavy (non-hydrogen) atoms. The van der Waals surface area contributed by atoms with E-state index in [2.05, 4.69) is 0 Å². The summed E-state index contributed by atoms with van der Waals surface area (Å²) in [6, 6.07) is 3.74. The number of nitrogens with zero attached hydrogens (tertiary/aromatic N) is 1. The second-order valence-corrected chi connectivity index (χ2v) is 4.01. The van der Waals surface area contributed by atoms with Crippen LogP contribution in [-0.2, 0) is 10.1 Å². The lowest BCUT2D eigenvalue weighted by Crippen LogP contribution is -2.05. The van der Waals surface area contributed by atoms with Gasteiger partial charge in [0.25, 0.3) is 5.69 Å². The molecule has 0 atom stereocenters. The molecule has 0 fully saturated rings. The number of aryl methyl sites for hydroxylation is 1. The summed E-state index contributed by atoms with van der Waals surface area (Å²) in [5.41, 5.74) is -0.478. The molecule has 0 aliphatic rings. The standard InChI is InChI=1S/C7H7NO5S.ClH/c1-5-3-2-4-6(8(9)10)7(5)14(11,12)13;/h2-4H,1H3,(H,11,12,13);1H. The van der Waals surface area contributed by atoms with Crippen molar-refractivity contribution in [2.24, 2.45) is 0 Å². The maximum atomic E-state index is 10.8. The van der Waals surface area contributed by atoms with Crippen molar-refractivity contribution >= 4 is 28.2 Å². The first kappa shape index (κ1) is 13.8. The van der Waals surface area contributed by atoms with Gasteiger partial charge < -0.3 is 0 Å². The average Bonchev–Trinajstić information content (AvgIpc) is 2.01. The fraction of sp³-hybridized carbons (Fsp3) is 0.143. The van der Waals surface area contributed by atoms with E-state index in [-0.39, 0.29) is 18.0 Å². The van der Waals surface area contributed by atoms with Crippen molar-refractivity contribution in [2.45, 2.75) is 11.8 Å². The predicted octanol–water partition coefficient (Wildman–Crippen LogP) is 1.57. The largest absolute Gasteiger partial charge is 0.301 e. The molecule has 84 valence electrons. The number of nitro benzene ring substituents is 1. The zero-order chi connectivity index (χ0) is 10.9. The Labute approximate surface area is 92.2 Å². The van der Waals surface area contributed by atoms with Crippen LogP contribution in [0.5, 0.6) is 0 Å². The van der Waals surface area contributed by atoms with Crippen molar-refractivity contribution in [2.75, 3.05) is 0 Å². The van der Waals surface area contributed by atoms with E-state index < -0.39 is 25.6 Å². The van der Waals surface area contributed by atoms with Gasteiger partial charge in [-0.15, -0.1) is 12.4 Å². The minimum atomic E-state index is -4.55. The smallest absolute Gasteiger partial charge is 0.282 e. The molecule has 0 saturated heterocycles. The van der Waals surface area contributed by atoms with Gasteiger partial charge in [0.15, 0.2) is 4.90 Å².